The van der Waals surface area contributed by atoms with Crippen LogP contribution in [-0.2, 0) is 0 Å². The second kappa shape index (κ2) is 4.71. The molecule has 1 aromatic heterocycles. The van der Waals surface area contributed by atoms with Gasteiger partial charge in [0.1, 0.15) is 11.5 Å². The molecule has 0 radical (unpaired) electrons. The van der Waals surface area contributed by atoms with Crippen LogP contribution in [0.1, 0.15) is 37.3 Å². The minimum Gasteiger partial charge on any atom is -0.464 e. The van der Waals surface area contributed by atoms with Crippen LogP contribution in [0.2, 0.25) is 0 Å². The molecule has 0 amide bonds. The Labute approximate surface area is 96.7 Å². The van der Waals surface area contributed by atoms with E-state index in [9.17, 15) is 5.26 Å². The first kappa shape index (κ1) is 11.2. The third-order valence-electron chi connectivity index (χ3n) is 3.34. The molecule has 3 heteroatoms. The maximum Gasteiger partial charge on any atom is 0.156 e. The Balaban J connectivity index is 2.09. The van der Waals surface area contributed by atoms with Crippen molar-refractivity contribution in [3.63, 3.8) is 0 Å². The zero-order chi connectivity index (χ0) is 11.5. The Morgan fingerprint density at radius 2 is 2.12 bits per heavy atom. The lowest BCUT2D eigenvalue weighted by Gasteiger charge is -2.32. The van der Waals surface area contributed by atoms with Crippen molar-refractivity contribution in [3.8, 4) is 6.07 Å². The first-order valence-corrected chi connectivity index (χ1v) is 5.90. The summed E-state index contributed by atoms with van der Waals surface area (Å²) in [7, 11) is 0. The van der Waals surface area contributed by atoms with Gasteiger partial charge in [-0.2, -0.15) is 5.26 Å². The van der Waals surface area contributed by atoms with Crippen molar-refractivity contribution in [1.82, 2.24) is 4.90 Å². The summed E-state index contributed by atoms with van der Waals surface area (Å²) in [6.45, 7) is 6.18. The average molecular weight is 218 g/mol. The summed E-state index contributed by atoms with van der Waals surface area (Å²) in [5.74, 6) is 2.45. The number of nitriles is 1. The molecular formula is C13H18N2O. The largest absolute Gasteiger partial charge is 0.464 e. The maximum absolute atomic E-state index is 9.26. The predicted octanol–water partition coefficient (Wildman–Crippen LogP) is 2.88. The van der Waals surface area contributed by atoms with Gasteiger partial charge in [-0.05, 0) is 37.8 Å². The monoisotopic (exact) mass is 218 g/mol. The zero-order valence-electron chi connectivity index (χ0n) is 9.94. The average Bonchev–Trinajstić information content (AvgIpc) is 2.69. The highest BCUT2D eigenvalue weighted by Gasteiger charge is 2.26. The quantitative estimate of drug-likeness (QED) is 0.766. The number of piperidine rings is 1. The summed E-state index contributed by atoms with van der Waals surface area (Å²) in [6, 6.07) is 5.98. The molecule has 0 bridgehead atoms. The van der Waals surface area contributed by atoms with Crippen LogP contribution in [0.3, 0.4) is 0 Å². The highest BCUT2D eigenvalue weighted by atomic mass is 16.3. The highest BCUT2D eigenvalue weighted by molar-refractivity contribution is 5.16. The molecule has 1 unspecified atom stereocenters. The molecule has 0 spiro atoms. The van der Waals surface area contributed by atoms with E-state index >= 15 is 0 Å². The molecule has 0 aromatic carbocycles. The van der Waals surface area contributed by atoms with E-state index in [1.165, 1.54) is 12.8 Å². The van der Waals surface area contributed by atoms with Crippen LogP contribution in [0.4, 0.5) is 0 Å². The normalized spacial score (nSPS) is 20.6. The molecule has 1 aromatic rings. The molecule has 1 atom stereocenters. The first-order valence-electron chi connectivity index (χ1n) is 5.90. The molecule has 16 heavy (non-hydrogen) atoms. The third kappa shape index (κ3) is 2.28. The van der Waals surface area contributed by atoms with Crippen LogP contribution in [0.5, 0.6) is 0 Å². The van der Waals surface area contributed by atoms with E-state index < -0.39 is 0 Å². The van der Waals surface area contributed by atoms with Crippen LogP contribution >= 0.6 is 0 Å². The summed E-state index contributed by atoms with van der Waals surface area (Å²) in [5.41, 5.74) is 0. The number of nitrogens with zero attached hydrogens (tertiary/aromatic N) is 2. The summed E-state index contributed by atoms with van der Waals surface area (Å²) >= 11 is 0. The standard InChI is InChI=1S/C13H18N2O/c1-10-5-7-15(8-6-10)12(9-14)13-4-3-11(2)16-13/h3-4,10,12H,5-8H2,1-2H3. The molecule has 86 valence electrons. The minimum atomic E-state index is -0.207. The van der Waals surface area contributed by atoms with Gasteiger partial charge in [-0.3, -0.25) is 4.90 Å². The van der Waals surface area contributed by atoms with Crippen LogP contribution < -0.4 is 0 Å². The zero-order valence-corrected chi connectivity index (χ0v) is 9.94. The Morgan fingerprint density at radius 3 is 2.62 bits per heavy atom. The van der Waals surface area contributed by atoms with Crippen LogP contribution in [-0.4, -0.2) is 18.0 Å². The Morgan fingerprint density at radius 1 is 1.44 bits per heavy atom. The van der Waals surface area contributed by atoms with Gasteiger partial charge in [0.15, 0.2) is 6.04 Å². The summed E-state index contributed by atoms with van der Waals surface area (Å²) in [6.07, 6.45) is 2.36. The van der Waals surface area contributed by atoms with Crippen molar-refractivity contribution >= 4 is 0 Å². The number of likely N-dealkylation sites (tertiary alicyclic amines) is 1. The van der Waals surface area contributed by atoms with Crippen molar-refractivity contribution in [3.05, 3.63) is 23.7 Å². The van der Waals surface area contributed by atoms with Crippen LogP contribution in [0, 0.1) is 24.2 Å². The molecule has 2 heterocycles. The third-order valence-corrected chi connectivity index (χ3v) is 3.34. The molecule has 1 aliphatic rings. The van der Waals surface area contributed by atoms with Gasteiger partial charge < -0.3 is 4.42 Å². The number of hydrogen-bond acceptors (Lipinski definition) is 3. The van der Waals surface area contributed by atoms with Crippen molar-refractivity contribution in [1.29, 1.82) is 5.26 Å². The van der Waals surface area contributed by atoms with Gasteiger partial charge in [0.2, 0.25) is 0 Å². The number of rotatable bonds is 2. The van der Waals surface area contributed by atoms with Gasteiger partial charge in [0.05, 0.1) is 6.07 Å². The van der Waals surface area contributed by atoms with Gasteiger partial charge in [-0.1, -0.05) is 6.92 Å². The fourth-order valence-corrected chi connectivity index (χ4v) is 2.21. The van der Waals surface area contributed by atoms with Gasteiger partial charge in [-0.25, -0.2) is 0 Å². The van der Waals surface area contributed by atoms with Crippen molar-refractivity contribution in [2.24, 2.45) is 5.92 Å². The molecule has 3 nitrogen and oxygen atoms in total. The van der Waals surface area contributed by atoms with Gasteiger partial charge in [0, 0.05) is 13.1 Å². The summed E-state index contributed by atoms with van der Waals surface area (Å²) in [5, 5.41) is 9.26. The smallest absolute Gasteiger partial charge is 0.156 e. The van der Waals surface area contributed by atoms with E-state index in [0.29, 0.717) is 0 Å². The molecule has 1 fully saturated rings. The maximum atomic E-state index is 9.26. The fourth-order valence-electron chi connectivity index (χ4n) is 2.21. The van der Waals surface area contributed by atoms with Crippen molar-refractivity contribution in [2.75, 3.05) is 13.1 Å². The van der Waals surface area contributed by atoms with E-state index in [2.05, 4.69) is 17.9 Å². The molecule has 1 saturated heterocycles. The lowest BCUT2D eigenvalue weighted by molar-refractivity contribution is 0.151. The Bertz CT molecular complexity index is 383. The number of aryl methyl sites for hydroxylation is 1. The highest BCUT2D eigenvalue weighted by Crippen LogP contribution is 2.27. The minimum absolute atomic E-state index is 0.207. The Kier molecular flexibility index (Phi) is 3.31. The lowest BCUT2D eigenvalue weighted by Crippen LogP contribution is -2.35. The van der Waals surface area contributed by atoms with E-state index in [1.807, 2.05) is 19.1 Å². The van der Waals surface area contributed by atoms with Gasteiger partial charge >= 0.3 is 0 Å². The molecular weight excluding hydrogens is 200 g/mol. The van der Waals surface area contributed by atoms with Crippen molar-refractivity contribution < 1.29 is 4.42 Å². The SMILES string of the molecule is Cc1ccc(C(C#N)N2CCC(C)CC2)o1. The van der Waals surface area contributed by atoms with E-state index in [-0.39, 0.29) is 6.04 Å². The number of hydrogen-bond donors (Lipinski definition) is 0. The van der Waals surface area contributed by atoms with Crippen LogP contribution in [0.25, 0.3) is 0 Å². The molecule has 0 aliphatic carbocycles. The molecule has 2 rings (SSSR count). The van der Waals surface area contributed by atoms with Gasteiger partial charge in [-0.15, -0.1) is 0 Å². The van der Waals surface area contributed by atoms with Gasteiger partial charge in [0.25, 0.3) is 0 Å². The van der Waals surface area contributed by atoms with Crippen LogP contribution in [0.15, 0.2) is 16.5 Å². The summed E-state index contributed by atoms with van der Waals surface area (Å²) < 4.78 is 5.55. The lowest BCUT2D eigenvalue weighted by atomic mass is 9.98. The molecule has 1 aliphatic heterocycles. The predicted molar refractivity (Wildman–Crippen MR) is 61.8 cm³/mol. The number of furan rings is 1. The molecule has 0 saturated carbocycles. The first-order chi connectivity index (χ1) is 7.70. The molecule has 0 N–H and O–H groups in total. The topological polar surface area (TPSA) is 40.2 Å². The van der Waals surface area contributed by atoms with E-state index in [0.717, 1.165) is 30.5 Å². The van der Waals surface area contributed by atoms with E-state index in [1.54, 1.807) is 0 Å². The Hall–Kier alpha value is -1.27. The fraction of sp³-hybridized carbons (Fsp3) is 0.615. The van der Waals surface area contributed by atoms with Crippen molar-refractivity contribution in [2.45, 2.75) is 32.7 Å². The van der Waals surface area contributed by atoms with E-state index in [4.69, 9.17) is 4.42 Å². The second-order valence-electron chi connectivity index (χ2n) is 4.70. The summed E-state index contributed by atoms with van der Waals surface area (Å²) in [4.78, 5) is 2.22. The second-order valence-corrected chi connectivity index (χ2v) is 4.70.